The van der Waals surface area contributed by atoms with Crippen LogP contribution in [0.25, 0.3) is 0 Å². The Hall–Kier alpha value is -2.28. The number of carbonyl (C=O) groups is 2. The monoisotopic (exact) mass is 370 g/mol. The summed E-state index contributed by atoms with van der Waals surface area (Å²) >= 11 is 0. The molecule has 0 aliphatic carbocycles. The van der Waals surface area contributed by atoms with Gasteiger partial charge in [0.1, 0.15) is 11.9 Å². The van der Waals surface area contributed by atoms with Crippen molar-refractivity contribution in [2.75, 3.05) is 20.1 Å². The minimum atomic E-state index is -0.650. The molecule has 4 rings (SSSR count). The highest BCUT2D eigenvalue weighted by atomic mass is 16.5. The second-order valence-corrected chi connectivity index (χ2v) is 9.05. The molecule has 3 aliphatic rings. The molecule has 2 bridgehead atoms. The molecule has 27 heavy (non-hydrogen) atoms. The van der Waals surface area contributed by atoms with E-state index in [4.69, 9.17) is 4.74 Å². The number of carbonyl (C=O) groups excluding carboxylic acids is 2. The van der Waals surface area contributed by atoms with Gasteiger partial charge in [-0.3, -0.25) is 9.59 Å². The summed E-state index contributed by atoms with van der Waals surface area (Å²) in [5, 5.41) is 0. The van der Waals surface area contributed by atoms with Gasteiger partial charge in [0.15, 0.2) is 0 Å². The van der Waals surface area contributed by atoms with Crippen LogP contribution in [0.3, 0.4) is 0 Å². The molecule has 2 amide bonds. The van der Waals surface area contributed by atoms with E-state index in [1.165, 1.54) is 6.33 Å². The average Bonchev–Trinajstić information content (AvgIpc) is 3.22. The molecule has 0 aromatic carbocycles. The number of hydrogen-bond acceptors (Lipinski definition) is 5. The quantitative estimate of drug-likeness (QED) is 0.746. The summed E-state index contributed by atoms with van der Waals surface area (Å²) in [5.74, 6) is -0.944. The van der Waals surface area contributed by atoms with Gasteiger partial charge < -0.3 is 14.5 Å². The Kier molecular flexibility index (Phi) is 4.10. The van der Waals surface area contributed by atoms with Gasteiger partial charge in [-0.2, -0.15) is 0 Å². The van der Waals surface area contributed by atoms with Crippen molar-refractivity contribution in [3.63, 3.8) is 0 Å². The molecule has 1 aromatic heterocycles. The molecule has 2 fully saturated rings. The van der Waals surface area contributed by atoms with E-state index in [0.717, 1.165) is 5.69 Å². The van der Waals surface area contributed by atoms with Crippen LogP contribution in [0.4, 0.5) is 0 Å². The minimum absolute atomic E-state index is 0.00400. The van der Waals surface area contributed by atoms with Crippen LogP contribution in [0.15, 0.2) is 30.7 Å². The Morgan fingerprint density at radius 1 is 1.44 bits per heavy atom. The maximum atomic E-state index is 13.2. The van der Waals surface area contributed by atoms with E-state index < -0.39 is 17.4 Å². The van der Waals surface area contributed by atoms with E-state index in [1.807, 2.05) is 17.1 Å². The number of hydrogen-bond donors (Lipinski definition) is 0. The summed E-state index contributed by atoms with van der Waals surface area (Å²) in [6.07, 6.45) is 6.75. The second kappa shape index (κ2) is 6.12. The van der Waals surface area contributed by atoms with Crippen molar-refractivity contribution in [2.45, 2.75) is 39.0 Å². The summed E-state index contributed by atoms with van der Waals surface area (Å²) in [4.78, 5) is 38.0. The van der Waals surface area contributed by atoms with Crippen LogP contribution in [0.1, 0.15) is 26.5 Å². The zero-order valence-electron chi connectivity index (χ0n) is 16.3. The highest BCUT2D eigenvalue weighted by Gasteiger charge is 2.67. The van der Waals surface area contributed by atoms with Gasteiger partial charge in [-0.15, -0.1) is 0 Å². The molecule has 0 N–H and O–H groups in total. The van der Waals surface area contributed by atoms with E-state index in [0.29, 0.717) is 19.6 Å². The first-order chi connectivity index (χ1) is 12.7. The number of aromatic nitrogens is 2. The predicted octanol–water partition coefficient (Wildman–Crippen LogP) is 1.26. The molecule has 4 heterocycles. The van der Waals surface area contributed by atoms with Crippen molar-refractivity contribution >= 4 is 11.8 Å². The molecule has 7 heteroatoms. The molecule has 144 valence electrons. The summed E-state index contributed by atoms with van der Waals surface area (Å²) in [5.41, 5.74) is 0.112. The molecule has 1 spiro atoms. The predicted molar refractivity (Wildman–Crippen MR) is 98.3 cm³/mol. The third kappa shape index (κ3) is 3.04. The van der Waals surface area contributed by atoms with Crippen LogP contribution < -0.4 is 0 Å². The summed E-state index contributed by atoms with van der Waals surface area (Å²) in [6, 6.07) is 1.79. The lowest BCUT2D eigenvalue weighted by molar-refractivity contribution is -0.143. The Bertz CT molecular complexity index is 788. The number of fused-ring (bicyclic) bond motifs is 1. The lowest BCUT2D eigenvalue weighted by Crippen LogP contribution is -2.45. The topological polar surface area (TPSA) is 75.6 Å². The normalized spacial score (nSPS) is 31.5. The van der Waals surface area contributed by atoms with Crippen LogP contribution >= 0.6 is 0 Å². The molecule has 4 atom stereocenters. The van der Waals surface area contributed by atoms with Gasteiger partial charge >= 0.3 is 0 Å². The van der Waals surface area contributed by atoms with Crippen molar-refractivity contribution in [3.8, 4) is 0 Å². The Morgan fingerprint density at radius 2 is 2.22 bits per heavy atom. The van der Waals surface area contributed by atoms with Crippen molar-refractivity contribution in [3.05, 3.63) is 36.4 Å². The zero-order chi connectivity index (χ0) is 19.4. The van der Waals surface area contributed by atoms with Crippen LogP contribution in [0, 0.1) is 17.3 Å². The van der Waals surface area contributed by atoms with Crippen LogP contribution in [-0.2, 0) is 20.9 Å². The lowest BCUT2D eigenvalue weighted by Gasteiger charge is -2.29. The molecule has 1 aromatic rings. The van der Waals surface area contributed by atoms with E-state index in [1.54, 1.807) is 24.2 Å². The van der Waals surface area contributed by atoms with Crippen molar-refractivity contribution in [1.82, 2.24) is 19.8 Å². The highest BCUT2D eigenvalue weighted by molar-refractivity contribution is 5.93. The van der Waals surface area contributed by atoms with Crippen LogP contribution in [-0.4, -0.2) is 63.4 Å². The fourth-order valence-corrected chi connectivity index (χ4v) is 4.55. The molecule has 7 nitrogen and oxygen atoms in total. The molecule has 3 aliphatic heterocycles. The molecular weight excluding hydrogens is 344 g/mol. The fraction of sp³-hybridized carbons (Fsp3) is 0.600. The zero-order valence-corrected chi connectivity index (χ0v) is 16.3. The van der Waals surface area contributed by atoms with Crippen molar-refractivity contribution in [1.29, 1.82) is 0 Å². The summed E-state index contributed by atoms with van der Waals surface area (Å²) < 4.78 is 6.19. The number of amides is 2. The van der Waals surface area contributed by atoms with Gasteiger partial charge in [0, 0.05) is 19.8 Å². The average molecular weight is 370 g/mol. The minimum Gasteiger partial charge on any atom is -0.360 e. The highest BCUT2D eigenvalue weighted by Crippen LogP contribution is 2.52. The second-order valence-electron chi connectivity index (χ2n) is 9.05. The largest absolute Gasteiger partial charge is 0.360 e. The fourth-order valence-electron chi connectivity index (χ4n) is 4.55. The standard InChI is InChI=1S/C20H26N4O3/c1-19(2,3)10-24-11-20-7-5-14(27-20)15(16(20)18(24)26)17(25)23(4)9-13-6-8-21-12-22-13/h5-8,12,14-16H,9-11H2,1-4H3/t14-,15-,16-,20-/m0/s1. The van der Waals surface area contributed by atoms with Crippen molar-refractivity contribution in [2.24, 2.45) is 17.3 Å². The first kappa shape index (κ1) is 18.1. The number of likely N-dealkylation sites (tertiary alicyclic amines) is 1. The maximum Gasteiger partial charge on any atom is 0.230 e. The third-order valence-electron chi connectivity index (χ3n) is 5.55. The lowest BCUT2D eigenvalue weighted by atomic mass is 9.76. The van der Waals surface area contributed by atoms with Gasteiger partial charge in [-0.05, 0) is 11.5 Å². The third-order valence-corrected chi connectivity index (χ3v) is 5.55. The summed E-state index contributed by atoms with van der Waals surface area (Å²) in [7, 11) is 1.75. The van der Waals surface area contributed by atoms with Gasteiger partial charge in [0.25, 0.3) is 0 Å². The molecule has 0 radical (unpaired) electrons. The Morgan fingerprint density at radius 3 is 2.89 bits per heavy atom. The number of nitrogens with zero attached hydrogens (tertiary/aromatic N) is 4. The first-order valence-corrected chi connectivity index (χ1v) is 9.36. The van der Waals surface area contributed by atoms with Gasteiger partial charge in [0.2, 0.25) is 11.8 Å². The van der Waals surface area contributed by atoms with Crippen molar-refractivity contribution < 1.29 is 14.3 Å². The first-order valence-electron chi connectivity index (χ1n) is 9.36. The Balaban J connectivity index is 1.55. The van der Waals surface area contributed by atoms with Gasteiger partial charge in [-0.1, -0.05) is 32.9 Å². The Labute approximate surface area is 159 Å². The van der Waals surface area contributed by atoms with Gasteiger partial charge in [-0.25, -0.2) is 9.97 Å². The molecular formula is C20H26N4O3. The molecule has 2 saturated heterocycles. The maximum absolute atomic E-state index is 13.2. The van der Waals surface area contributed by atoms with E-state index in [-0.39, 0.29) is 23.3 Å². The summed E-state index contributed by atoms with van der Waals surface area (Å²) in [6.45, 7) is 7.90. The molecule has 0 saturated carbocycles. The van der Waals surface area contributed by atoms with E-state index in [2.05, 4.69) is 30.7 Å². The smallest absolute Gasteiger partial charge is 0.230 e. The SMILES string of the molecule is CN(Cc1ccncn1)C(=O)[C@H]1[C@@H]2C=C[C@@]3(CN(CC(C)(C)C)C(=O)[C@H]13)O2. The molecule has 0 unspecified atom stereocenters. The number of rotatable bonds is 4. The van der Waals surface area contributed by atoms with Crippen LogP contribution in [0.2, 0.25) is 0 Å². The van der Waals surface area contributed by atoms with Gasteiger partial charge in [0.05, 0.1) is 36.7 Å². The number of ether oxygens (including phenoxy) is 1. The van der Waals surface area contributed by atoms with Crippen LogP contribution in [0.5, 0.6) is 0 Å². The van der Waals surface area contributed by atoms with E-state index in [9.17, 15) is 9.59 Å². The van der Waals surface area contributed by atoms with E-state index >= 15 is 0 Å².